The summed E-state index contributed by atoms with van der Waals surface area (Å²) in [5.74, 6) is -0.676. The third-order valence-corrected chi connectivity index (χ3v) is 3.67. The lowest BCUT2D eigenvalue weighted by Crippen LogP contribution is -2.22. The highest BCUT2D eigenvalue weighted by atomic mass is 19.1. The third kappa shape index (κ3) is 3.49. The van der Waals surface area contributed by atoms with Crippen molar-refractivity contribution in [3.05, 3.63) is 83.7 Å². The number of halogens is 1. The molecule has 0 radical (unpaired) electrons. The van der Waals surface area contributed by atoms with E-state index in [-0.39, 0.29) is 24.6 Å². The van der Waals surface area contributed by atoms with Crippen LogP contribution in [0.15, 0.2) is 61.2 Å². The van der Waals surface area contributed by atoms with Crippen molar-refractivity contribution < 1.29 is 14.3 Å². The molecule has 0 saturated carbocycles. The maximum Gasteiger partial charge on any atom is 0.251 e. The van der Waals surface area contributed by atoms with Crippen LogP contribution in [-0.2, 0) is 13.2 Å². The van der Waals surface area contributed by atoms with E-state index in [0.717, 1.165) is 11.3 Å². The van der Waals surface area contributed by atoms with Gasteiger partial charge in [0.25, 0.3) is 5.91 Å². The highest BCUT2D eigenvalue weighted by Crippen LogP contribution is 2.12. The van der Waals surface area contributed by atoms with Crippen LogP contribution in [-0.4, -0.2) is 20.6 Å². The molecule has 0 atom stereocenters. The Hall–Kier alpha value is -2.99. The Balaban J connectivity index is 1.65. The highest BCUT2D eigenvalue weighted by molar-refractivity contribution is 5.94. The number of carbonyl (C=O) groups excluding carboxylic acids is 1. The number of carbonyl (C=O) groups is 1. The number of amides is 1. The van der Waals surface area contributed by atoms with Crippen LogP contribution in [0.2, 0.25) is 0 Å². The molecule has 122 valence electrons. The maximum atomic E-state index is 13.3. The number of aliphatic hydroxyl groups excluding tert-OH is 1. The van der Waals surface area contributed by atoms with Gasteiger partial charge in [-0.2, -0.15) is 0 Å². The Kier molecular flexibility index (Phi) is 4.67. The predicted octanol–water partition coefficient (Wildman–Crippen LogP) is 2.43. The van der Waals surface area contributed by atoms with Crippen molar-refractivity contribution in [3.8, 4) is 5.69 Å². The van der Waals surface area contributed by atoms with Crippen LogP contribution < -0.4 is 5.32 Å². The summed E-state index contributed by atoms with van der Waals surface area (Å²) in [6, 6.07) is 11.5. The number of hydrogen-bond donors (Lipinski definition) is 2. The van der Waals surface area contributed by atoms with E-state index in [1.165, 1.54) is 12.1 Å². The van der Waals surface area contributed by atoms with E-state index in [1.807, 2.05) is 22.9 Å². The fourth-order valence-electron chi connectivity index (χ4n) is 2.34. The lowest BCUT2D eigenvalue weighted by molar-refractivity contribution is 0.0951. The monoisotopic (exact) mass is 325 g/mol. The van der Waals surface area contributed by atoms with Gasteiger partial charge < -0.3 is 15.0 Å². The van der Waals surface area contributed by atoms with E-state index in [1.54, 1.807) is 30.7 Å². The first-order valence-corrected chi connectivity index (χ1v) is 7.42. The molecular formula is C18H16FN3O2. The zero-order chi connectivity index (χ0) is 16.9. The molecule has 0 aliphatic rings. The number of aliphatic hydroxyl groups is 1. The molecule has 1 amide bonds. The third-order valence-electron chi connectivity index (χ3n) is 3.67. The van der Waals surface area contributed by atoms with Gasteiger partial charge in [0.2, 0.25) is 0 Å². The number of aromatic nitrogens is 2. The maximum absolute atomic E-state index is 13.3. The van der Waals surface area contributed by atoms with E-state index >= 15 is 0 Å². The van der Waals surface area contributed by atoms with E-state index in [2.05, 4.69) is 10.3 Å². The molecule has 2 N–H and O–H groups in total. The Morgan fingerprint density at radius 1 is 1.21 bits per heavy atom. The van der Waals surface area contributed by atoms with E-state index in [0.29, 0.717) is 5.56 Å². The predicted molar refractivity (Wildman–Crippen MR) is 87.1 cm³/mol. The summed E-state index contributed by atoms with van der Waals surface area (Å²) >= 11 is 0. The Labute approximate surface area is 138 Å². The average molecular weight is 325 g/mol. The molecule has 0 saturated heterocycles. The summed E-state index contributed by atoms with van der Waals surface area (Å²) in [4.78, 5) is 16.2. The zero-order valence-electron chi connectivity index (χ0n) is 12.8. The molecule has 0 bridgehead atoms. The van der Waals surface area contributed by atoms with Crippen LogP contribution in [0.25, 0.3) is 5.69 Å². The van der Waals surface area contributed by atoms with Crippen molar-refractivity contribution in [3.63, 3.8) is 0 Å². The number of nitrogens with one attached hydrogen (secondary N) is 1. The van der Waals surface area contributed by atoms with Crippen molar-refractivity contribution in [1.82, 2.24) is 14.9 Å². The first kappa shape index (κ1) is 15.9. The minimum absolute atomic E-state index is 0.214. The van der Waals surface area contributed by atoms with Crippen LogP contribution in [0, 0.1) is 5.82 Å². The van der Waals surface area contributed by atoms with Crippen molar-refractivity contribution in [2.75, 3.05) is 0 Å². The minimum Gasteiger partial charge on any atom is -0.392 e. The molecule has 0 spiro atoms. The Morgan fingerprint density at radius 3 is 2.67 bits per heavy atom. The van der Waals surface area contributed by atoms with Crippen molar-refractivity contribution >= 4 is 5.91 Å². The van der Waals surface area contributed by atoms with Crippen LogP contribution in [0.1, 0.15) is 21.5 Å². The first-order chi connectivity index (χ1) is 11.7. The lowest BCUT2D eigenvalue weighted by atomic mass is 10.1. The largest absolute Gasteiger partial charge is 0.392 e. The molecule has 0 aliphatic carbocycles. The van der Waals surface area contributed by atoms with Crippen LogP contribution in [0.5, 0.6) is 0 Å². The van der Waals surface area contributed by atoms with Gasteiger partial charge in [-0.1, -0.05) is 6.07 Å². The smallest absolute Gasteiger partial charge is 0.251 e. The number of rotatable bonds is 5. The van der Waals surface area contributed by atoms with Crippen LogP contribution >= 0.6 is 0 Å². The molecule has 2 aromatic carbocycles. The van der Waals surface area contributed by atoms with Crippen molar-refractivity contribution in [2.45, 2.75) is 13.2 Å². The normalized spacial score (nSPS) is 10.6. The van der Waals surface area contributed by atoms with Crippen LogP contribution in [0.3, 0.4) is 0 Å². The molecule has 5 nitrogen and oxygen atoms in total. The second kappa shape index (κ2) is 7.06. The second-order valence-corrected chi connectivity index (χ2v) is 5.28. The molecule has 1 aromatic heterocycles. The van der Waals surface area contributed by atoms with Crippen molar-refractivity contribution in [2.24, 2.45) is 0 Å². The fraction of sp³-hybridized carbons (Fsp3) is 0.111. The Bertz CT molecular complexity index is 830. The quantitative estimate of drug-likeness (QED) is 0.757. The molecule has 3 rings (SSSR count). The van der Waals surface area contributed by atoms with Gasteiger partial charge in [-0.15, -0.1) is 0 Å². The Morgan fingerprint density at radius 2 is 2.00 bits per heavy atom. The first-order valence-electron chi connectivity index (χ1n) is 7.42. The minimum atomic E-state index is -0.456. The lowest BCUT2D eigenvalue weighted by Gasteiger charge is -2.08. The number of benzene rings is 2. The second-order valence-electron chi connectivity index (χ2n) is 5.28. The summed E-state index contributed by atoms with van der Waals surface area (Å²) in [6.07, 6.45) is 5.19. The zero-order valence-corrected chi connectivity index (χ0v) is 12.8. The molecule has 3 aromatic rings. The molecular weight excluding hydrogens is 309 g/mol. The summed E-state index contributed by atoms with van der Waals surface area (Å²) in [5.41, 5.74) is 2.38. The summed E-state index contributed by atoms with van der Waals surface area (Å²) in [6.45, 7) is -0.112. The summed E-state index contributed by atoms with van der Waals surface area (Å²) in [7, 11) is 0. The summed E-state index contributed by atoms with van der Waals surface area (Å²) < 4.78 is 15.2. The molecule has 6 heteroatoms. The van der Waals surface area contributed by atoms with Gasteiger partial charge >= 0.3 is 0 Å². The van der Waals surface area contributed by atoms with E-state index in [4.69, 9.17) is 5.11 Å². The molecule has 0 aliphatic heterocycles. The highest BCUT2D eigenvalue weighted by Gasteiger charge is 2.07. The van der Waals surface area contributed by atoms with Gasteiger partial charge in [-0.05, 0) is 42.0 Å². The topological polar surface area (TPSA) is 67.2 Å². The standard InChI is InChI=1S/C18H16FN3O2/c19-17-6-1-13(9-15(17)11-23)10-21-18(24)14-2-4-16(5-3-14)22-8-7-20-12-22/h1-9,12,23H,10-11H2,(H,21,24). The fourth-order valence-corrected chi connectivity index (χ4v) is 2.34. The molecule has 24 heavy (non-hydrogen) atoms. The van der Waals surface area contributed by atoms with Crippen molar-refractivity contribution in [1.29, 1.82) is 0 Å². The number of nitrogens with zero attached hydrogens (tertiary/aromatic N) is 2. The van der Waals surface area contributed by atoms with Gasteiger partial charge in [-0.3, -0.25) is 4.79 Å². The molecule has 0 unspecified atom stereocenters. The number of hydrogen-bond acceptors (Lipinski definition) is 3. The summed E-state index contributed by atoms with van der Waals surface area (Å²) in [5, 5.41) is 11.8. The van der Waals surface area contributed by atoms with Gasteiger partial charge in [-0.25, -0.2) is 9.37 Å². The van der Waals surface area contributed by atoms with E-state index in [9.17, 15) is 9.18 Å². The van der Waals surface area contributed by atoms with E-state index < -0.39 is 5.82 Å². The molecule has 0 fully saturated rings. The van der Waals surface area contributed by atoms with Crippen LogP contribution in [0.4, 0.5) is 4.39 Å². The van der Waals surface area contributed by atoms with Gasteiger partial charge in [0.1, 0.15) is 5.82 Å². The molecule has 1 heterocycles. The average Bonchev–Trinajstić information content (AvgIpc) is 3.15. The number of imidazole rings is 1. The van der Waals surface area contributed by atoms with Gasteiger partial charge in [0, 0.05) is 35.8 Å². The SMILES string of the molecule is O=C(NCc1ccc(F)c(CO)c1)c1ccc(-n2ccnc2)cc1. The van der Waals surface area contributed by atoms with Gasteiger partial charge in [0.15, 0.2) is 0 Å². The van der Waals surface area contributed by atoms with Gasteiger partial charge in [0.05, 0.1) is 12.9 Å².